The van der Waals surface area contributed by atoms with Gasteiger partial charge in [0.05, 0.1) is 4.88 Å². The Balaban J connectivity index is 1.62. The second-order valence-electron chi connectivity index (χ2n) is 7.27. The molecule has 32 heavy (non-hydrogen) atoms. The maximum Gasteiger partial charge on any atom is 0.263 e. The number of carbonyl (C=O) groups is 1. The van der Waals surface area contributed by atoms with Crippen molar-refractivity contribution in [3.63, 3.8) is 0 Å². The van der Waals surface area contributed by atoms with Crippen LogP contribution < -0.4 is 15.6 Å². The number of nitrogens with one attached hydrogen (secondary N) is 2. The summed E-state index contributed by atoms with van der Waals surface area (Å²) in [5, 5.41) is 9.36. The highest BCUT2D eigenvalue weighted by Crippen LogP contribution is 2.27. The third-order valence-corrected chi connectivity index (χ3v) is 5.49. The van der Waals surface area contributed by atoms with Crippen molar-refractivity contribution in [1.82, 2.24) is 19.7 Å². The number of carbonyl (C=O) groups excluding carboxylic acids is 1. The lowest BCUT2D eigenvalue weighted by Gasteiger charge is -2.10. The van der Waals surface area contributed by atoms with E-state index in [0.29, 0.717) is 29.4 Å². The lowest BCUT2D eigenvalue weighted by molar-refractivity contribution is -0.118. The fourth-order valence-electron chi connectivity index (χ4n) is 3.19. The van der Waals surface area contributed by atoms with Gasteiger partial charge in [0, 0.05) is 17.8 Å². The molecule has 0 aliphatic rings. The normalized spacial score (nSPS) is 10.8. The minimum absolute atomic E-state index is 0.164. The number of thiophene rings is 1. The topological polar surface area (TPSA) is 102 Å². The molecule has 8 nitrogen and oxygen atoms in total. The van der Waals surface area contributed by atoms with Crippen molar-refractivity contribution in [2.45, 2.75) is 26.7 Å². The van der Waals surface area contributed by atoms with Crippen molar-refractivity contribution in [3.05, 3.63) is 75.5 Å². The molecule has 0 bridgehead atoms. The number of aromatic amines is 1. The van der Waals surface area contributed by atoms with Crippen molar-refractivity contribution in [2.75, 3.05) is 11.9 Å². The quantitative estimate of drug-likeness (QED) is 0.424. The van der Waals surface area contributed by atoms with E-state index in [-0.39, 0.29) is 24.0 Å². The summed E-state index contributed by atoms with van der Waals surface area (Å²) in [7, 11) is 0. The highest BCUT2D eigenvalue weighted by Gasteiger charge is 2.17. The summed E-state index contributed by atoms with van der Waals surface area (Å²) in [5.41, 5.74) is 2.10. The summed E-state index contributed by atoms with van der Waals surface area (Å²) < 4.78 is 7.05. The van der Waals surface area contributed by atoms with Crippen LogP contribution in [-0.2, 0) is 11.2 Å². The summed E-state index contributed by atoms with van der Waals surface area (Å²) in [4.78, 5) is 33.0. The number of anilines is 1. The number of H-pyrrole nitrogens is 1. The lowest BCUT2D eigenvalue weighted by Crippen LogP contribution is -2.23. The molecule has 0 fully saturated rings. The number of aryl methyl sites for hydroxylation is 2. The van der Waals surface area contributed by atoms with E-state index in [9.17, 15) is 9.59 Å². The lowest BCUT2D eigenvalue weighted by atomic mass is 10.2. The van der Waals surface area contributed by atoms with Crippen LogP contribution >= 0.6 is 11.3 Å². The van der Waals surface area contributed by atoms with E-state index >= 15 is 0 Å². The van der Waals surface area contributed by atoms with Crippen molar-refractivity contribution < 1.29 is 9.53 Å². The molecule has 0 aliphatic heterocycles. The van der Waals surface area contributed by atoms with Gasteiger partial charge in [-0.25, -0.2) is 4.98 Å². The third kappa shape index (κ3) is 5.12. The summed E-state index contributed by atoms with van der Waals surface area (Å²) in [6.07, 6.45) is 1.53. The molecule has 4 aromatic rings. The number of hydrogen-bond donors (Lipinski definition) is 2. The molecule has 2 N–H and O–H groups in total. The number of aromatic nitrogens is 4. The van der Waals surface area contributed by atoms with E-state index in [1.807, 2.05) is 49.6 Å². The molecule has 1 amide bonds. The summed E-state index contributed by atoms with van der Waals surface area (Å²) in [6, 6.07) is 14.6. The zero-order valence-electron chi connectivity index (χ0n) is 17.8. The van der Waals surface area contributed by atoms with Crippen LogP contribution in [-0.4, -0.2) is 32.3 Å². The minimum Gasteiger partial charge on any atom is -0.484 e. The van der Waals surface area contributed by atoms with Crippen LogP contribution in [0.15, 0.2) is 58.7 Å². The number of benzene rings is 1. The second kappa shape index (κ2) is 9.61. The van der Waals surface area contributed by atoms with Gasteiger partial charge >= 0.3 is 0 Å². The SMILES string of the molecule is CCCc1cc(=O)[nH]c(-n2nc(-c3cccs3)cc2NC(=O)COc2cccc(C)c2)n1. The van der Waals surface area contributed by atoms with Crippen LogP contribution in [0.1, 0.15) is 24.6 Å². The maximum atomic E-state index is 12.6. The maximum absolute atomic E-state index is 12.6. The first-order chi connectivity index (χ1) is 15.5. The van der Waals surface area contributed by atoms with Gasteiger partial charge in [-0.3, -0.25) is 14.6 Å². The fourth-order valence-corrected chi connectivity index (χ4v) is 3.87. The fraction of sp³-hybridized carbons (Fsp3) is 0.217. The average Bonchev–Trinajstić information content (AvgIpc) is 3.42. The van der Waals surface area contributed by atoms with Crippen LogP contribution in [0.5, 0.6) is 5.75 Å². The van der Waals surface area contributed by atoms with Gasteiger partial charge in [-0.15, -0.1) is 11.3 Å². The molecule has 4 rings (SSSR count). The van der Waals surface area contributed by atoms with Crippen LogP contribution in [0, 0.1) is 6.92 Å². The van der Waals surface area contributed by atoms with Crippen LogP contribution in [0.2, 0.25) is 0 Å². The number of hydrogen-bond acceptors (Lipinski definition) is 6. The van der Waals surface area contributed by atoms with Gasteiger partial charge in [0.1, 0.15) is 17.3 Å². The van der Waals surface area contributed by atoms with Gasteiger partial charge in [-0.05, 0) is 42.5 Å². The number of rotatable bonds is 8. The van der Waals surface area contributed by atoms with E-state index in [4.69, 9.17) is 4.74 Å². The standard InChI is InChI=1S/C23H23N5O3S/c1-3-6-16-12-21(29)26-23(24-16)28-20(13-18(27-28)19-9-5-10-32-19)25-22(30)14-31-17-8-4-7-15(2)11-17/h4-5,7-13H,3,6,14H2,1-2H3,(H,25,30)(H,24,26,29). The summed E-state index contributed by atoms with van der Waals surface area (Å²) in [5.74, 6) is 0.908. The highest BCUT2D eigenvalue weighted by atomic mass is 32.1. The van der Waals surface area contributed by atoms with Gasteiger partial charge < -0.3 is 10.1 Å². The molecule has 0 unspecified atom stereocenters. The Kier molecular flexibility index (Phi) is 6.46. The summed E-state index contributed by atoms with van der Waals surface area (Å²) >= 11 is 1.53. The van der Waals surface area contributed by atoms with Gasteiger partial charge in [0.15, 0.2) is 6.61 Å². The van der Waals surface area contributed by atoms with E-state index in [2.05, 4.69) is 20.4 Å². The molecule has 0 saturated carbocycles. The van der Waals surface area contributed by atoms with E-state index in [1.165, 1.54) is 22.1 Å². The Morgan fingerprint density at radius 3 is 2.84 bits per heavy atom. The highest BCUT2D eigenvalue weighted by molar-refractivity contribution is 7.13. The van der Waals surface area contributed by atoms with Crippen molar-refractivity contribution >= 4 is 23.1 Å². The molecule has 3 aromatic heterocycles. The minimum atomic E-state index is -0.350. The zero-order valence-corrected chi connectivity index (χ0v) is 18.6. The second-order valence-corrected chi connectivity index (χ2v) is 8.22. The Hall–Kier alpha value is -3.72. The van der Waals surface area contributed by atoms with E-state index in [0.717, 1.165) is 16.9 Å². The van der Waals surface area contributed by atoms with Gasteiger partial charge in [-0.2, -0.15) is 9.78 Å². The Morgan fingerprint density at radius 1 is 1.22 bits per heavy atom. The van der Waals surface area contributed by atoms with Crippen molar-refractivity contribution in [3.8, 4) is 22.3 Å². The predicted octanol–water partition coefficient (Wildman–Crippen LogP) is 3.96. The Morgan fingerprint density at radius 2 is 2.09 bits per heavy atom. The monoisotopic (exact) mass is 449 g/mol. The van der Waals surface area contributed by atoms with Crippen LogP contribution in [0.3, 0.4) is 0 Å². The van der Waals surface area contributed by atoms with Gasteiger partial charge in [-0.1, -0.05) is 31.5 Å². The third-order valence-electron chi connectivity index (χ3n) is 4.60. The molecular weight excluding hydrogens is 426 g/mol. The van der Waals surface area contributed by atoms with E-state index < -0.39 is 0 Å². The molecule has 3 heterocycles. The zero-order chi connectivity index (χ0) is 22.5. The Labute approximate surface area is 188 Å². The van der Waals surface area contributed by atoms with Crippen LogP contribution in [0.4, 0.5) is 5.82 Å². The first-order valence-corrected chi connectivity index (χ1v) is 11.1. The number of nitrogens with zero attached hydrogens (tertiary/aromatic N) is 3. The molecule has 0 spiro atoms. The summed E-state index contributed by atoms with van der Waals surface area (Å²) in [6.45, 7) is 3.81. The molecule has 0 atom stereocenters. The molecule has 0 saturated heterocycles. The average molecular weight is 450 g/mol. The predicted molar refractivity (Wildman–Crippen MR) is 125 cm³/mol. The first-order valence-electron chi connectivity index (χ1n) is 10.3. The van der Waals surface area contributed by atoms with Gasteiger partial charge in [0.2, 0.25) is 5.95 Å². The smallest absolute Gasteiger partial charge is 0.263 e. The van der Waals surface area contributed by atoms with Crippen molar-refractivity contribution in [2.24, 2.45) is 0 Å². The largest absolute Gasteiger partial charge is 0.484 e. The molecule has 9 heteroatoms. The molecule has 0 radical (unpaired) electrons. The van der Waals surface area contributed by atoms with Crippen molar-refractivity contribution in [1.29, 1.82) is 0 Å². The molecular formula is C23H23N5O3S. The Bertz CT molecular complexity index is 1280. The van der Waals surface area contributed by atoms with E-state index in [1.54, 1.807) is 12.1 Å². The number of ether oxygens (including phenoxy) is 1. The number of amides is 1. The van der Waals surface area contributed by atoms with Crippen LogP contribution in [0.25, 0.3) is 16.5 Å². The first kappa shape index (κ1) is 21.5. The molecule has 0 aliphatic carbocycles. The molecule has 164 valence electrons. The molecule has 1 aromatic carbocycles. The van der Waals surface area contributed by atoms with Gasteiger partial charge in [0.25, 0.3) is 11.5 Å².